The average Bonchev–Trinajstić information content (AvgIpc) is 2.45. The van der Waals surface area contributed by atoms with Crippen LogP contribution in [-0.4, -0.2) is 31.7 Å². The van der Waals surface area contributed by atoms with E-state index < -0.39 is 12.1 Å². The molecule has 1 heterocycles. The van der Waals surface area contributed by atoms with E-state index >= 15 is 0 Å². The van der Waals surface area contributed by atoms with Gasteiger partial charge in [-0.05, 0) is 50.5 Å². The Labute approximate surface area is 122 Å². The molecule has 0 aliphatic carbocycles. The van der Waals surface area contributed by atoms with E-state index in [1.165, 1.54) is 6.42 Å². The average molecular weight is 300 g/mol. The van der Waals surface area contributed by atoms with Crippen LogP contribution >= 0.6 is 0 Å². The Morgan fingerprint density at radius 3 is 2.38 bits per heavy atom. The van der Waals surface area contributed by atoms with Crippen LogP contribution < -0.4 is 9.80 Å². The standard InChI is InChI=1S/C15H19F3N2O/c1-11-5-3-4-10-20(11)13-8-6-12(7-9-13)19(2)14(21)15(16,17)18/h6-9,11H,3-5,10H2,1-2H3. The van der Waals surface area contributed by atoms with E-state index in [2.05, 4.69) is 11.8 Å². The van der Waals surface area contributed by atoms with E-state index in [0.29, 0.717) is 10.9 Å². The van der Waals surface area contributed by atoms with Crippen molar-refractivity contribution in [1.29, 1.82) is 0 Å². The fraction of sp³-hybridized carbons (Fsp3) is 0.533. The predicted molar refractivity (Wildman–Crippen MR) is 76.6 cm³/mol. The molecule has 0 aromatic heterocycles. The predicted octanol–water partition coefficient (Wildman–Crippen LogP) is 3.59. The highest BCUT2D eigenvalue weighted by Gasteiger charge is 2.41. The first-order chi connectivity index (χ1) is 9.80. The summed E-state index contributed by atoms with van der Waals surface area (Å²) in [6.45, 7) is 3.10. The second-order valence-corrected chi connectivity index (χ2v) is 5.42. The third kappa shape index (κ3) is 3.49. The molecule has 6 heteroatoms. The second kappa shape index (κ2) is 5.95. The van der Waals surface area contributed by atoms with Crippen LogP contribution in [0.2, 0.25) is 0 Å². The van der Waals surface area contributed by atoms with Crippen LogP contribution in [0.3, 0.4) is 0 Å². The summed E-state index contributed by atoms with van der Waals surface area (Å²) < 4.78 is 37.2. The van der Waals surface area contributed by atoms with Gasteiger partial charge in [-0.25, -0.2) is 0 Å². The number of hydrogen-bond donors (Lipinski definition) is 0. The number of benzene rings is 1. The van der Waals surface area contributed by atoms with E-state index in [0.717, 1.165) is 32.1 Å². The number of nitrogens with zero attached hydrogens (tertiary/aromatic N) is 2. The normalized spacial score (nSPS) is 19.5. The van der Waals surface area contributed by atoms with Crippen molar-refractivity contribution in [1.82, 2.24) is 0 Å². The van der Waals surface area contributed by atoms with E-state index in [1.807, 2.05) is 0 Å². The van der Waals surface area contributed by atoms with Gasteiger partial charge in [-0.1, -0.05) is 0 Å². The van der Waals surface area contributed by atoms with Crippen LogP contribution in [0.4, 0.5) is 24.5 Å². The summed E-state index contributed by atoms with van der Waals surface area (Å²) in [4.78, 5) is 14.1. The summed E-state index contributed by atoms with van der Waals surface area (Å²) in [5.41, 5.74) is 1.23. The van der Waals surface area contributed by atoms with Crippen LogP contribution in [0.1, 0.15) is 26.2 Å². The Hall–Kier alpha value is -1.72. The van der Waals surface area contributed by atoms with Crippen LogP contribution in [0.25, 0.3) is 0 Å². The molecule has 1 atom stereocenters. The minimum Gasteiger partial charge on any atom is -0.369 e. The number of alkyl halides is 3. The molecular weight excluding hydrogens is 281 g/mol. The van der Waals surface area contributed by atoms with Gasteiger partial charge < -0.3 is 9.80 Å². The molecule has 0 spiro atoms. The van der Waals surface area contributed by atoms with Gasteiger partial charge in [0.15, 0.2) is 0 Å². The molecule has 0 bridgehead atoms. The molecule has 3 nitrogen and oxygen atoms in total. The lowest BCUT2D eigenvalue weighted by Crippen LogP contribution is -2.39. The fourth-order valence-electron chi connectivity index (χ4n) is 2.66. The number of amides is 1. The van der Waals surface area contributed by atoms with Gasteiger partial charge in [0.1, 0.15) is 0 Å². The zero-order valence-electron chi connectivity index (χ0n) is 12.2. The van der Waals surface area contributed by atoms with Gasteiger partial charge in [0, 0.05) is 31.0 Å². The quantitative estimate of drug-likeness (QED) is 0.833. The van der Waals surface area contributed by atoms with Crippen molar-refractivity contribution >= 4 is 17.3 Å². The molecule has 1 unspecified atom stereocenters. The first kappa shape index (κ1) is 15.7. The molecule has 21 heavy (non-hydrogen) atoms. The van der Waals surface area contributed by atoms with Crippen LogP contribution in [0.15, 0.2) is 24.3 Å². The lowest BCUT2D eigenvalue weighted by Gasteiger charge is -2.35. The number of piperidine rings is 1. The van der Waals surface area contributed by atoms with Crippen molar-refractivity contribution in [3.63, 3.8) is 0 Å². The molecule has 0 saturated carbocycles. The maximum absolute atomic E-state index is 12.4. The molecule has 1 saturated heterocycles. The van der Waals surface area contributed by atoms with Crippen molar-refractivity contribution in [3.8, 4) is 0 Å². The largest absolute Gasteiger partial charge is 0.471 e. The third-order valence-corrected chi connectivity index (χ3v) is 3.92. The molecule has 1 fully saturated rings. The minimum atomic E-state index is -4.85. The molecule has 1 aromatic rings. The number of rotatable bonds is 2. The fourth-order valence-corrected chi connectivity index (χ4v) is 2.66. The molecule has 1 aromatic carbocycles. The lowest BCUT2D eigenvalue weighted by molar-refractivity contribution is -0.170. The highest BCUT2D eigenvalue weighted by atomic mass is 19.4. The first-order valence-corrected chi connectivity index (χ1v) is 7.02. The summed E-state index contributed by atoms with van der Waals surface area (Å²) in [7, 11) is 1.13. The highest BCUT2D eigenvalue weighted by Crippen LogP contribution is 2.28. The third-order valence-electron chi connectivity index (χ3n) is 3.92. The molecule has 116 valence electrons. The van der Waals surface area contributed by atoms with Crippen molar-refractivity contribution in [2.45, 2.75) is 38.4 Å². The van der Waals surface area contributed by atoms with Crippen molar-refractivity contribution < 1.29 is 18.0 Å². The molecule has 2 rings (SSSR count). The zero-order chi connectivity index (χ0) is 15.6. The van der Waals surface area contributed by atoms with Crippen LogP contribution in [0.5, 0.6) is 0 Å². The molecule has 0 radical (unpaired) electrons. The SMILES string of the molecule is CC1CCCCN1c1ccc(N(C)C(=O)C(F)(F)F)cc1. The van der Waals surface area contributed by atoms with Crippen molar-refractivity contribution in [2.75, 3.05) is 23.4 Å². The maximum Gasteiger partial charge on any atom is 0.471 e. The molecule has 0 N–H and O–H groups in total. The molecule has 1 aliphatic heterocycles. The zero-order valence-corrected chi connectivity index (χ0v) is 12.2. The number of carbonyl (C=O) groups excluding carboxylic acids is 1. The monoisotopic (exact) mass is 300 g/mol. The lowest BCUT2D eigenvalue weighted by atomic mass is 10.0. The smallest absolute Gasteiger partial charge is 0.369 e. The summed E-state index contributed by atoms with van der Waals surface area (Å²) in [6.07, 6.45) is -1.40. The summed E-state index contributed by atoms with van der Waals surface area (Å²) >= 11 is 0. The second-order valence-electron chi connectivity index (χ2n) is 5.42. The van der Waals surface area contributed by atoms with Crippen molar-refractivity contribution in [2.24, 2.45) is 0 Å². The van der Waals surface area contributed by atoms with E-state index in [4.69, 9.17) is 0 Å². The van der Waals surface area contributed by atoms with Gasteiger partial charge in [0.05, 0.1) is 0 Å². The van der Waals surface area contributed by atoms with Gasteiger partial charge in [-0.2, -0.15) is 13.2 Å². The Kier molecular flexibility index (Phi) is 4.44. The molecule has 1 aliphatic rings. The number of hydrogen-bond acceptors (Lipinski definition) is 2. The van der Waals surface area contributed by atoms with E-state index in [1.54, 1.807) is 24.3 Å². The number of carbonyl (C=O) groups is 1. The Bertz CT molecular complexity index is 499. The molecule has 1 amide bonds. The Balaban J connectivity index is 2.13. The topological polar surface area (TPSA) is 23.6 Å². The van der Waals surface area contributed by atoms with Gasteiger partial charge in [-0.15, -0.1) is 0 Å². The van der Waals surface area contributed by atoms with Gasteiger partial charge in [0.25, 0.3) is 0 Å². The van der Waals surface area contributed by atoms with Gasteiger partial charge in [0.2, 0.25) is 0 Å². The van der Waals surface area contributed by atoms with E-state index in [9.17, 15) is 18.0 Å². The van der Waals surface area contributed by atoms with Gasteiger partial charge in [-0.3, -0.25) is 4.79 Å². The van der Waals surface area contributed by atoms with Crippen LogP contribution in [0, 0.1) is 0 Å². The molecular formula is C15H19F3N2O. The van der Waals surface area contributed by atoms with Gasteiger partial charge >= 0.3 is 12.1 Å². The summed E-state index contributed by atoms with van der Waals surface area (Å²) in [5.74, 6) is -1.86. The van der Waals surface area contributed by atoms with E-state index in [-0.39, 0.29) is 5.69 Å². The first-order valence-electron chi connectivity index (χ1n) is 7.02. The van der Waals surface area contributed by atoms with Crippen LogP contribution in [-0.2, 0) is 4.79 Å². The van der Waals surface area contributed by atoms with Crippen molar-refractivity contribution in [3.05, 3.63) is 24.3 Å². The highest BCUT2D eigenvalue weighted by molar-refractivity contribution is 5.96. The summed E-state index contributed by atoms with van der Waals surface area (Å²) in [5, 5.41) is 0. The number of anilines is 2. The Morgan fingerprint density at radius 2 is 1.86 bits per heavy atom. The summed E-state index contributed by atoms with van der Waals surface area (Å²) in [6, 6.07) is 7.09. The number of halogens is 3. The maximum atomic E-state index is 12.4. The Morgan fingerprint density at radius 1 is 1.24 bits per heavy atom. The minimum absolute atomic E-state index is 0.241.